The third kappa shape index (κ3) is 7.20. The Morgan fingerprint density at radius 2 is 1.91 bits per heavy atom. The van der Waals surface area contributed by atoms with E-state index in [0.29, 0.717) is 6.61 Å². The van der Waals surface area contributed by atoms with Gasteiger partial charge in [0.1, 0.15) is 24.4 Å². The third-order valence-corrected chi connectivity index (χ3v) is 3.95. The van der Waals surface area contributed by atoms with Gasteiger partial charge in [0.2, 0.25) is 0 Å². The zero-order chi connectivity index (χ0) is 16.2. The Morgan fingerprint density at radius 3 is 2.59 bits per heavy atom. The minimum absolute atomic E-state index is 0.143. The summed E-state index contributed by atoms with van der Waals surface area (Å²) in [6.07, 6.45) is 9.56. The number of rotatable bonds is 12. The summed E-state index contributed by atoms with van der Waals surface area (Å²) in [5.74, 6) is 0. The molecular weight excluding hydrogens is 284 g/mol. The molecule has 0 aromatic carbocycles. The SMILES string of the molecule is CCCCCC/C=C/CCCO[C@H]1[C@@H]([C@@H](O)CO)OC[C@H]1O. The summed E-state index contributed by atoms with van der Waals surface area (Å²) in [4.78, 5) is 0. The molecule has 22 heavy (non-hydrogen) atoms. The van der Waals surface area contributed by atoms with Crippen molar-refractivity contribution in [2.45, 2.75) is 76.3 Å². The Morgan fingerprint density at radius 1 is 1.18 bits per heavy atom. The molecule has 1 heterocycles. The lowest BCUT2D eigenvalue weighted by atomic mass is 10.1. The molecule has 0 aromatic rings. The largest absolute Gasteiger partial charge is 0.394 e. The van der Waals surface area contributed by atoms with Crippen LogP contribution in [0.25, 0.3) is 0 Å². The molecule has 1 fully saturated rings. The van der Waals surface area contributed by atoms with Crippen LogP contribution in [-0.4, -0.2) is 59.6 Å². The summed E-state index contributed by atoms with van der Waals surface area (Å²) >= 11 is 0. The molecular formula is C17H32O5. The minimum atomic E-state index is -1.01. The molecule has 1 aliphatic heterocycles. The van der Waals surface area contributed by atoms with Gasteiger partial charge in [-0.2, -0.15) is 0 Å². The fraction of sp³-hybridized carbons (Fsp3) is 0.882. The average molecular weight is 316 g/mol. The summed E-state index contributed by atoms with van der Waals surface area (Å²) in [5, 5.41) is 28.4. The van der Waals surface area contributed by atoms with E-state index in [1.807, 2.05) is 0 Å². The lowest BCUT2D eigenvalue weighted by Gasteiger charge is -2.23. The Bertz CT molecular complexity index is 295. The van der Waals surface area contributed by atoms with Gasteiger partial charge in [-0.05, 0) is 25.7 Å². The maximum absolute atomic E-state index is 9.79. The Kier molecular flexibility index (Phi) is 10.7. The van der Waals surface area contributed by atoms with Crippen molar-refractivity contribution in [3.8, 4) is 0 Å². The summed E-state index contributed by atoms with van der Waals surface area (Å²) in [7, 11) is 0. The predicted octanol–water partition coefficient (Wildman–Crippen LogP) is 1.79. The van der Waals surface area contributed by atoms with Gasteiger partial charge in [0, 0.05) is 6.61 Å². The predicted molar refractivity (Wildman–Crippen MR) is 85.7 cm³/mol. The minimum Gasteiger partial charge on any atom is -0.394 e. The summed E-state index contributed by atoms with van der Waals surface area (Å²) in [6, 6.07) is 0. The zero-order valence-corrected chi connectivity index (χ0v) is 13.7. The van der Waals surface area contributed by atoms with E-state index in [0.717, 1.165) is 19.3 Å². The molecule has 0 spiro atoms. The van der Waals surface area contributed by atoms with E-state index < -0.39 is 31.0 Å². The van der Waals surface area contributed by atoms with Crippen molar-refractivity contribution in [1.82, 2.24) is 0 Å². The molecule has 0 amide bonds. The number of allylic oxidation sites excluding steroid dienone is 2. The van der Waals surface area contributed by atoms with Gasteiger partial charge in [-0.1, -0.05) is 38.3 Å². The second kappa shape index (κ2) is 12.0. The highest BCUT2D eigenvalue weighted by atomic mass is 16.6. The smallest absolute Gasteiger partial charge is 0.114 e. The van der Waals surface area contributed by atoms with Crippen LogP contribution in [0.15, 0.2) is 12.2 Å². The number of unbranched alkanes of at least 4 members (excludes halogenated alkanes) is 5. The molecule has 5 heteroatoms. The van der Waals surface area contributed by atoms with Gasteiger partial charge in [-0.25, -0.2) is 0 Å². The average Bonchev–Trinajstić information content (AvgIpc) is 2.89. The van der Waals surface area contributed by atoms with E-state index in [2.05, 4.69) is 19.1 Å². The highest BCUT2D eigenvalue weighted by Gasteiger charge is 2.40. The quantitative estimate of drug-likeness (QED) is 0.378. The van der Waals surface area contributed by atoms with Crippen molar-refractivity contribution in [1.29, 1.82) is 0 Å². The van der Waals surface area contributed by atoms with Gasteiger partial charge >= 0.3 is 0 Å². The van der Waals surface area contributed by atoms with E-state index in [9.17, 15) is 10.2 Å². The first-order chi connectivity index (χ1) is 10.7. The summed E-state index contributed by atoms with van der Waals surface area (Å²) in [6.45, 7) is 2.48. The van der Waals surface area contributed by atoms with Crippen molar-refractivity contribution >= 4 is 0 Å². The highest BCUT2D eigenvalue weighted by molar-refractivity contribution is 4.89. The van der Waals surface area contributed by atoms with E-state index >= 15 is 0 Å². The van der Waals surface area contributed by atoms with E-state index in [1.165, 1.54) is 25.7 Å². The van der Waals surface area contributed by atoms with Crippen LogP contribution >= 0.6 is 0 Å². The molecule has 0 aliphatic carbocycles. The van der Waals surface area contributed by atoms with Gasteiger partial charge in [-0.15, -0.1) is 0 Å². The van der Waals surface area contributed by atoms with E-state index in [1.54, 1.807) is 0 Å². The summed E-state index contributed by atoms with van der Waals surface area (Å²) in [5.41, 5.74) is 0. The number of hydrogen-bond donors (Lipinski definition) is 3. The summed E-state index contributed by atoms with van der Waals surface area (Å²) < 4.78 is 10.9. The lowest BCUT2D eigenvalue weighted by Crippen LogP contribution is -2.42. The molecule has 0 aromatic heterocycles. The molecule has 0 radical (unpaired) electrons. The number of ether oxygens (including phenoxy) is 2. The van der Waals surface area contributed by atoms with Gasteiger partial charge < -0.3 is 24.8 Å². The van der Waals surface area contributed by atoms with Crippen molar-refractivity contribution in [2.75, 3.05) is 19.8 Å². The van der Waals surface area contributed by atoms with Gasteiger partial charge in [-0.3, -0.25) is 0 Å². The molecule has 4 atom stereocenters. The standard InChI is InChI=1S/C17H32O5/c1-2-3-4-5-6-7-8-9-10-11-21-17-15(20)13-22-16(17)14(19)12-18/h7-8,14-20H,2-6,9-13H2,1H3/b8-7+/t14-,15+,16+,17+/m0/s1. The number of aliphatic hydroxyl groups excluding tert-OH is 3. The van der Waals surface area contributed by atoms with Crippen LogP contribution in [0.3, 0.4) is 0 Å². The second-order valence-corrected chi connectivity index (χ2v) is 5.91. The van der Waals surface area contributed by atoms with Crippen molar-refractivity contribution in [2.24, 2.45) is 0 Å². The van der Waals surface area contributed by atoms with Crippen LogP contribution in [0.4, 0.5) is 0 Å². The first-order valence-corrected chi connectivity index (χ1v) is 8.55. The first kappa shape index (κ1) is 19.6. The monoisotopic (exact) mass is 316 g/mol. The number of aliphatic hydroxyl groups is 3. The van der Waals surface area contributed by atoms with Crippen LogP contribution < -0.4 is 0 Å². The fourth-order valence-corrected chi connectivity index (χ4v) is 2.60. The van der Waals surface area contributed by atoms with E-state index in [-0.39, 0.29) is 6.61 Å². The molecule has 5 nitrogen and oxygen atoms in total. The van der Waals surface area contributed by atoms with Crippen LogP contribution in [-0.2, 0) is 9.47 Å². The molecule has 1 aliphatic rings. The van der Waals surface area contributed by atoms with Gasteiger partial charge in [0.25, 0.3) is 0 Å². The maximum Gasteiger partial charge on any atom is 0.114 e. The highest BCUT2D eigenvalue weighted by Crippen LogP contribution is 2.21. The van der Waals surface area contributed by atoms with Crippen molar-refractivity contribution in [3.05, 3.63) is 12.2 Å². The molecule has 3 N–H and O–H groups in total. The molecule has 1 saturated heterocycles. The Balaban J connectivity index is 2.09. The Hall–Kier alpha value is -0.460. The van der Waals surface area contributed by atoms with Crippen molar-refractivity contribution in [3.63, 3.8) is 0 Å². The van der Waals surface area contributed by atoms with Crippen molar-refractivity contribution < 1.29 is 24.8 Å². The van der Waals surface area contributed by atoms with Gasteiger partial charge in [0.05, 0.1) is 13.2 Å². The molecule has 130 valence electrons. The Labute approximate surface area is 133 Å². The van der Waals surface area contributed by atoms with E-state index in [4.69, 9.17) is 14.6 Å². The van der Waals surface area contributed by atoms with Crippen LogP contribution in [0.1, 0.15) is 51.9 Å². The molecule has 0 bridgehead atoms. The fourth-order valence-electron chi connectivity index (χ4n) is 2.60. The molecule has 1 rings (SSSR count). The topological polar surface area (TPSA) is 79.2 Å². The third-order valence-electron chi connectivity index (χ3n) is 3.95. The molecule has 0 saturated carbocycles. The first-order valence-electron chi connectivity index (χ1n) is 8.55. The molecule has 0 unspecified atom stereocenters. The lowest BCUT2D eigenvalue weighted by molar-refractivity contribution is -0.0935. The number of hydrogen-bond acceptors (Lipinski definition) is 5. The second-order valence-electron chi connectivity index (χ2n) is 5.91. The van der Waals surface area contributed by atoms with Gasteiger partial charge in [0.15, 0.2) is 0 Å². The van der Waals surface area contributed by atoms with Crippen LogP contribution in [0, 0.1) is 0 Å². The normalized spacial score (nSPS) is 26.8. The zero-order valence-electron chi connectivity index (χ0n) is 13.7. The van der Waals surface area contributed by atoms with Crippen LogP contribution in [0.5, 0.6) is 0 Å². The van der Waals surface area contributed by atoms with Crippen LogP contribution in [0.2, 0.25) is 0 Å². The maximum atomic E-state index is 9.79.